The van der Waals surface area contributed by atoms with Crippen molar-refractivity contribution in [3.63, 3.8) is 0 Å². The highest BCUT2D eigenvalue weighted by Crippen LogP contribution is 2.22. The molecule has 7 heteroatoms. The smallest absolute Gasteiger partial charge is 0.240 e. The molecule has 3 aromatic rings. The van der Waals surface area contributed by atoms with E-state index in [0.29, 0.717) is 5.69 Å². The number of para-hydroxylation sites is 1. The molecule has 22 heavy (non-hydrogen) atoms. The van der Waals surface area contributed by atoms with Crippen LogP contribution >= 0.6 is 0 Å². The maximum atomic E-state index is 11.6. The fourth-order valence-electron chi connectivity index (χ4n) is 2.09. The second-order valence-corrected chi connectivity index (χ2v) is 6.81. The lowest BCUT2D eigenvalue weighted by Gasteiger charge is -2.01. The Morgan fingerprint density at radius 3 is 2.50 bits per heavy atom. The SMILES string of the molecule is Cc1nn(-c2ccccc2)cc1-c1ccnc(S(C)(=O)=O)n1. The number of aryl methyl sites for hydroxylation is 1. The molecule has 0 saturated heterocycles. The number of sulfone groups is 1. The summed E-state index contributed by atoms with van der Waals surface area (Å²) in [4.78, 5) is 7.93. The van der Waals surface area contributed by atoms with Crippen LogP contribution in [0.5, 0.6) is 0 Å². The second-order valence-electron chi connectivity index (χ2n) is 4.90. The lowest BCUT2D eigenvalue weighted by atomic mass is 10.2. The van der Waals surface area contributed by atoms with E-state index in [4.69, 9.17) is 0 Å². The highest BCUT2D eigenvalue weighted by molar-refractivity contribution is 7.90. The van der Waals surface area contributed by atoms with E-state index in [1.54, 1.807) is 10.7 Å². The molecule has 0 aliphatic carbocycles. The fraction of sp³-hybridized carbons (Fsp3) is 0.133. The van der Waals surface area contributed by atoms with Crippen molar-refractivity contribution in [3.05, 3.63) is 54.5 Å². The number of hydrogen-bond donors (Lipinski definition) is 0. The Bertz CT molecular complexity index is 918. The molecule has 2 heterocycles. The first-order chi connectivity index (χ1) is 10.4. The summed E-state index contributed by atoms with van der Waals surface area (Å²) in [5, 5.41) is 4.27. The predicted molar refractivity (Wildman–Crippen MR) is 82.4 cm³/mol. The Morgan fingerprint density at radius 2 is 1.82 bits per heavy atom. The van der Waals surface area contributed by atoms with Gasteiger partial charge in [0.2, 0.25) is 15.0 Å². The van der Waals surface area contributed by atoms with Crippen molar-refractivity contribution in [1.29, 1.82) is 0 Å². The van der Waals surface area contributed by atoms with Crippen molar-refractivity contribution in [2.75, 3.05) is 6.26 Å². The van der Waals surface area contributed by atoms with Gasteiger partial charge in [0.15, 0.2) is 0 Å². The van der Waals surface area contributed by atoms with Crippen molar-refractivity contribution < 1.29 is 8.42 Å². The molecule has 0 N–H and O–H groups in total. The van der Waals surface area contributed by atoms with Crippen LogP contribution in [0.2, 0.25) is 0 Å². The third kappa shape index (κ3) is 2.75. The van der Waals surface area contributed by atoms with Crippen molar-refractivity contribution in [3.8, 4) is 16.9 Å². The van der Waals surface area contributed by atoms with E-state index in [2.05, 4.69) is 15.1 Å². The lowest BCUT2D eigenvalue weighted by Crippen LogP contribution is -2.04. The van der Waals surface area contributed by atoms with Gasteiger partial charge in [-0.2, -0.15) is 5.10 Å². The minimum absolute atomic E-state index is 0.183. The van der Waals surface area contributed by atoms with Gasteiger partial charge in [0.25, 0.3) is 0 Å². The average molecular weight is 314 g/mol. The first kappa shape index (κ1) is 14.4. The molecule has 0 unspecified atom stereocenters. The van der Waals surface area contributed by atoms with Crippen molar-refractivity contribution in [2.24, 2.45) is 0 Å². The van der Waals surface area contributed by atoms with Gasteiger partial charge < -0.3 is 0 Å². The summed E-state index contributed by atoms with van der Waals surface area (Å²) in [6, 6.07) is 11.4. The van der Waals surface area contributed by atoms with Crippen molar-refractivity contribution >= 4 is 9.84 Å². The zero-order valence-electron chi connectivity index (χ0n) is 12.1. The molecule has 0 atom stereocenters. The topological polar surface area (TPSA) is 77.7 Å². The molecule has 0 aliphatic heterocycles. The maximum Gasteiger partial charge on any atom is 0.247 e. The Balaban J connectivity index is 2.09. The number of aromatic nitrogens is 4. The summed E-state index contributed by atoms with van der Waals surface area (Å²) in [6.45, 7) is 1.86. The van der Waals surface area contributed by atoms with Crippen LogP contribution in [0, 0.1) is 6.92 Å². The van der Waals surface area contributed by atoms with Gasteiger partial charge in [0, 0.05) is 24.2 Å². The Morgan fingerprint density at radius 1 is 1.09 bits per heavy atom. The zero-order valence-corrected chi connectivity index (χ0v) is 12.9. The van der Waals surface area contributed by atoms with Crippen molar-refractivity contribution in [1.82, 2.24) is 19.7 Å². The van der Waals surface area contributed by atoms with Crippen LogP contribution in [0.15, 0.2) is 53.9 Å². The highest BCUT2D eigenvalue weighted by Gasteiger charge is 2.15. The largest absolute Gasteiger partial charge is 0.247 e. The van der Waals surface area contributed by atoms with Gasteiger partial charge in [-0.25, -0.2) is 23.1 Å². The van der Waals surface area contributed by atoms with E-state index in [-0.39, 0.29) is 5.16 Å². The van der Waals surface area contributed by atoms with Gasteiger partial charge >= 0.3 is 0 Å². The van der Waals surface area contributed by atoms with Gasteiger partial charge in [0.1, 0.15) is 0 Å². The minimum atomic E-state index is -3.44. The molecule has 3 rings (SSSR count). The van der Waals surface area contributed by atoms with E-state index in [0.717, 1.165) is 23.2 Å². The van der Waals surface area contributed by atoms with Crippen LogP contribution in [0.3, 0.4) is 0 Å². The lowest BCUT2D eigenvalue weighted by molar-refractivity contribution is 0.593. The monoisotopic (exact) mass is 314 g/mol. The molecule has 1 aromatic carbocycles. The minimum Gasteiger partial charge on any atom is -0.240 e. The standard InChI is InChI=1S/C15H14N4O2S/c1-11-13(10-19(18-11)12-6-4-3-5-7-12)14-8-9-16-15(17-14)22(2,20)21/h3-10H,1-2H3. The summed E-state index contributed by atoms with van der Waals surface area (Å²) in [6.07, 6.45) is 4.36. The van der Waals surface area contributed by atoms with Crippen LogP contribution in [-0.2, 0) is 9.84 Å². The van der Waals surface area contributed by atoms with Gasteiger partial charge in [-0.15, -0.1) is 0 Å². The van der Waals surface area contributed by atoms with Crippen LogP contribution in [0.25, 0.3) is 16.9 Å². The van der Waals surface area contributed by atoms with Crippen molar-refractivity contribution in [2.45, 2.75) is 12.1 Å². The quantitative estimate of drug-likeness (QED) is 0.691. The number of nitrogens with zero attached hydrogens (tertiary/aromatic N) is 4. The third-order valence-corrected chi connectivity index (χ3v) is 4.02. The second kappa shape index (κ2) is 5.34. The molecular weight excluding hydrogens is 300 g/mol. The Labute approximate surface area is 128 Å². The first-order valence-corrected chi connectivity index (χ1v) is 8.49. The molecule has 0 radical (unpaired) electrons. The highest BCUT2D eigenvalue weighted by atomic mass is 32.2. The summed E-state index contributed by atoms with van der Waals surface area (Å²) in [7, 11) is -3.44. The van der Waals surface area contributed by atoms with Crippen LogP contribution in [0.4, 0.5) is 0 Å². The Hall–Kier alpha value is -2.54. The number of benzene rings is 1. The van der Waals surface area contributed by atoms with Gasteiger partial charge in [-0.3, -0.25) is 0 Å². The molecule has 0 saturated carbocycles. The molecule has 0 amide bonds. The van der Waals surface area contributed by atoms with Gasteiger partial charge in [-0.05, 0) is 25.1 Å². The molecule has 6 nitrogen and oxygen atoms in total. The van der Waals surface area contributed by atoms with Crippen LogP contribution in [0.1, 0.15) is 5.69 Å². The molecule has 0 fully saturated rings. The zero-order chi connectivity index (χ0) is 15.7. The van der Waals surface area contributed by atoms with Gasteiger partial charge in [0.05, 0.1) is 17.1 Å². The molecular formula is C15H14N4O2S. The van der Waals surface area contributed by atoms with Crippen LogP contribution in [-0.4, -0.2) is 34.4 Å². The normalized spacial score (nSPS) is 11.5. The average Bonchev–Trinajstić information content (AvgIpc) is 2.89. The molecule has 0 aliphatic rings. The predicted octanol–water partition coefficient (Wildman–Crippen LogP) is 2.04. The van der Waals surface area contributed by atoms with E-state index in [1.807, 2.05) is 43.5 Å². The first-order valence-electron chi connectivity index (χ1n) is 6.60. The molecule has 0 spiro atoms. The van der Waals surface area contributed by atoms with Gasteiger partial charge in [-0.1, -0.05) is 18.2 Å². The number of rotatable bonds is 3. The summed E-state index contributed by atoms with van der Waals surface area (Å²) >= 11 is 0. The maximum absolute atomic E-state index is 11.6. The van der Waals surface area contributed by atoms with Crippen LogP contribution < -0.4 is 0 Å². The fourth-order valence-corrected chi connectivity index (χ4v) is 2.61. The molecule has 2 aromatic heterocycles. The molecule has 112 valence electrons. The third-order valence-electron chi connectivity index (χ3n) is 3.16. The van der Waals surface area contributed by atoms with E-state index >= 15 is 0 Å². The molecule has 0 bridgehead atoms. The summed E-state index contributed by atoms with van der Waals surface area (Å²) in [5.74, 6) is 0. The van der Waals surface area contributed by atoms with E-state index in [1.165, 1.54) is 6.20 Å². The summed E-state index contributed by atoms with van der Waals surface area (Å²) < 4.78 is 24.9. The summed E-state index contributed by atoms with van der Waals surface area (Å²) in [5.41, 5.74) is 3.00. The number of hydrogen-bond acceptors (Lipinski definition) is 5. The van der Waals surface area contributed by atoms with E-state index in [9.17, 15) is 8.42 Å². The Kier molecular flexibility index (Phi) is 3.50. The van der Waals surface area contributed by atoms with E-state index < -0.39 is 9.84 Å².